The number of hydrogen-bond acceptors (Lipinski definition) is 2. The van der Waals surface area contributed by atoms with Crippen molar-refractivity contribution in [3.8, 4) is 0 Å². The van der Waals surface area contributed by atoms with Gasteiger partial charge in [-0.05, 0) is 58.7 Å². The molecule has 0 fully saturated rings. The van der Waals surface area contributed by atoms with Crippen molar-refractivity contribution < 1.29 is 4.79 Å². The second kappa shape index (κ2) is 6.41. The van der Waals surface area contributed by atoms with Crippen LogP contribution in [0.25, 0.3) is 0 Å². The SMILES string of the molecule is C[C@H](NC(=O)c1ccc(Br)c(N)c1)c1ccc(Br)cc1. The van der Waals surface area contributed by atoms with Gasteiger partial charge in [0.15, 0.2) is 0 Å². The third-order valence-electron chi connectivity index (χ3n) is 2.98. The first-order valence-electron chi connectivity index (χ1n) is 6.08. The number of hydrogen-bond donors (Lipinski definition) is 2. The maximum atomic E-state index is 12.2. The number of nitrogen functional groups attached to an aromatic ring is 1. The van der Waals surface area contributed by atoms with Crippen molar-refractivity contribution in [1.29, 1.82) is 0 Å². The molecule has 3 N–H and O–H groups in total. The maximum Gasteiger partial charge on any atom is 0.251 e. The standard InChI is InChI=1S/C15H14Br2N2O/c1-9(10-2-5-12(16)6-3-10)19-15(20)11-4-7-13(17)14(18)8-11/h2-9H,18H2,1H3,(H,19,20)/t9-/m0/s1. The minimum atomic E-state index is -0.139. The summed E-state index contributed by atoms with van der Waals surface area (Å²) < 4.78 is 1.80. The molecule has 1 amide bonds. The van der Waals surface area contributed by atoms with Gasteiger partial charge in [-0.15, -0.1) is 0 Å². The number of anilines is 1. The Kier molecular flexibility index (Phi) is 4.83. The highest BCUT2D eigenvalue weighted by Crippen LogP contribution is 2.21. The smallest absolute Gasteiger partial charge is 0.251 e. The highest BCUT2D eigenvalue weighted by molar-refractivity contribution is 9.10. The summed E-state index contributed by atoms with van der Waals surface area (Å²) in [6, 6.07) is 13.0. The molecule has 0 spiro atoms. The van der Waals surface area contributed by atoms with E-state index < -0.39 is 0 Å². The summed E-state index contributed by atoms with van der Waals surface area (Å²) in [5, 5.41) is 2.95. The van der Waals surface area contributed by atoms with Crippen LogP contribution in [0.1, 0.15) is 28.9 Å². The molecule has 104 valence electrons. The lowest BCUT2D eigenvalue weighted by Crippen LogP contribution is -2.26. The van der Waals surface area contributed by atoms with Gasteiger partial charge >= 0.3 is 0 Å². The van der Waals surface area contributed by atoms with Gasteiger partial charge in [0.1, 0.15) is 0 Å². The highest BCUT2D eigenvalue weighted by atomic mass is 79.9. The van der Waals surface area contributed by atoms with E-state index in [4.69, 9.17) is 5.73 Å². The molecule has 20 heavy (non-hydrogen) atoms. The summed E-state index contributed by atoms with van der Waals surface area (Å²) >= 11 is 6.70. The van der Waals surface area contributed by atoms with Crippen molar-refractivity contribution in [2.75, 3.05) is 5.73 Å². The molecular formula is C15H14Br2N2O. The van der Waals surface area contributed by atoms with Gasteiger partial charge in [0, 0.05) is 20.2 Å². The molecule has 0 heterocycles. The molecule has 2 rings (SSSR count). The molecular weight excluding hydrogens is 384 g/mol. The van der Waals surface area contributed by atoms with E-state index in [0.717, 1.165) is 14.5 Å². The summed E-state index contributed by atoms with van der Waals surface area (Å²) in [5.41, 5.74) is 7.93. The maximum absolute atomic E-state index is 12.2. The summed E-state index contributed by atoms with van der Waals surface area (Å²) in [4.78, 5) is 12.2. The first kappa shape index (κ1) is 15.1. The van der Waals surface area contributed by atoms with E-state index in [-0.39, 0.29) is 11.9 Å². The zero-order valence-electron chi connectivity index (χ0n) is 10.9. The van der Waals surface area contributed by atoms with Gasteiger partial charge in [0.05, 0.1) is 6.04 Å². The number of rotatable bonds is 3. The van der Waals surface area contributed by atoms with Crippen molar-refractivity contribution in [3.63, 3.8) is 0 Å². The van der Waals surface area contributed by atoms with Crippen LogP contribution in [0.3, 0.4) is 0 Å². The average Bonchev–Trinajstić information content (AvgIpc) is 2.42. The summed E-state index contributed by atoms with van der Waals surface area (Å²) in [7, 11) is 0. The van der Waals surface area contributed by atoms with E-state index in [0.29, 0.717) is 11.3 Å². The summed E-state index contributed by atoms with van der Waals surface area (Å²) in [6.45, 7) is 1.95. The highest BCUT2D eigenvalue weighted by Gasteiger charge is 2.12. The van der Waals surface area contributed by atoms with Crippen molar-refractivity contribution in [2.24, 2.45) is 0 Å². The number of benzene rings is 2. The molecule has 0 aliphatic rings. The van der Waals surface area contributed by atoms with E-state index in [9.17, 15) is 4.79 Å². The largest absolute Gasteiger partial charge is 0.398 e. The molecule has 5 heteroatoms. The predicted octanol–water partition coefficient (Wildman–Crippen LogP) is 4.28. The Bertz CT molecular complexity index is 626. The van der Waals surface area contributed by atoms with Gasteiger partial charge in [-0.2, -0.15) is 0 Å². The van der Waals surface area contributed by atoms with Crippen LogP contribution >= 0.6 is 31.9 Å². The van der Waals surface area contributed by atoms with E-state index in [2.05, 4.69) is 37.2 Å². The number of carbonyl (C=O) groups is 1. The van der Waals surface area contributed by atoms with Gasteiger partial charge in [0.2, 0.25) is 0 Å². The number of amides is 1. The molecule has 0 aromatic heterocycles. The van der Waals surface area contributed by atoms with Crippen LogP contribution in [0.4, 0.5) is 5.69 Å². The summed E-state index contributed by atoms with van der Waals surface area (Å²) in [5.74, 6) is -0.139. The van der Waals surface area contributed by atoms with E-state index in [1.807, 2.05) is 31.2 Å². The van der Waals surface area contributed by atoms with Crippen molar-refractivity contribution in [2.45, 2.75) is 13.0 Å². The van der Waals surface area contributed by atoms with E-state index >= 15 is 0 Å². The van der Waals surface area contributed by atoms with Crippen LogP contribution in [0, 0.1) is 0 Å². The Morgan fingerprint density at radius 3 is 2.40 bits per heavy atom. The molecule has 3 nitrogen and oxygen atoms in total. The van der Waals surface area contributed by atoms with Crippen LogP contribution < -0.4 is 11.1 Å². The zero-order valence-corrected chi connectivity index (χ0v) is 14.0. The van der Waals surface area contributed by atoms with E-state index in [1.54, 1.807) is 18.2 Å². The van der Waals surface area contributed by atoms with Gasteiger partial charge in [0.25, 0.3) is 5.91 Å². The lowest BCUT2D eigenvalue weighted by atomic mass is 10.1. The number of halogens is 2. The second-order valence-corrected chi connectivity index (χ2v) is 6.25. The molecule has 0 saturated carbocycles. The Labute approximate surface area is 134 Å². The number of nitrogens with one attached hydrogen (secondary N) is 1. The number of nitrogens with two attached hydrogens (primary N) is 1. The van der Waals surface area contributed by atoms with E-state index in [1.165, 1.54) is 0 Å². The monoisotopic (exact) mass is 396 g/mol. The fourth-order valence-corrected chi connectivity index (χ4v) is 2.31. The molecule has 2 aromatic carbocycles. The van der Waals surface area contributed by atoms with Gasteiger partial charge in [-0.25, -0.2) is 0 Å². The zero-order chi connectivity index (χ0) is 14.7. The topological polar surface area (TPSA) is 55.1 Å². The molecule has 0 aliphatic heterocycles. The predicted molar refractivity (Wildman–Crippen MR) is 88.6 cm³/mol. The number of carbonyl (C=O) groups excluding carboxylic acids is 1. The quantitative estimate of drug-likeness (QED) is 0.759. The van der Waals surface area contributed by atoms with Gasteiger partial charge in [-0.1, -0.05) is 28.1 Å². The van der Waals surface area contributed by atoms with Crippen LogP contribution in [0.5, 0.6) is 0 Å². The molecule has 0 unspecified atom stereocenters. The van der Waals surface area contributed by atoms with Crippen molar-refractivity contribution >= 4 is 43.5 Å². The summed E-state index contributed by atoms with van der Waals surface area (Å²) in [6.07, 6.45) is 0. The van der Waals surface area contributed by atoms with Crippen molar-refractivity contribution in [1.82, 2.24) is 5.32 Å². The minimum Gasteiger partial charge on any atom is -0.398 e. The third kappa shape index (κ3) is 3.61. The molecule has 0 radical (unpaired) electrons. The van der Waals surface area contributed by atoms with Crippen LogP contribution in [0.15, 0.2) is 51.4 Å². The van der Waals surface area contributed by atoms with Crippen LogP contribution in [-0.4, -0.2) is 5.91 Å². The molecule has 1 atom stereocenters. The van der Waals surface area contributed by atoms with Crippen LogP contribution in [0.2, 0.25) is 0 Å². The molecule has 0 bridgehead atoms. The molecule has 0 saturated heterocycles. The Balaban J connectivity index is 2.10. The third-order valence-corrected chi connectivity index (χ3v) is 4.23. The minimum absolute atomic E-state index is 0.0690. The average molecular weight is 398 g/mol. The normalized spacial score (nSPS) is 11.9. The lowest BCUT2D eigenvalue weighted by molar-refractivity contribution is 0.0940. The van der Waals surface area contributed by atoms with Gasteiger partial charge < -0.3 is 11.1 Å². The Morgan fingerprint density at radius 1 is 1.15 bits per heavy atom. The van der Waals surface area contributed by atoms with Crippen LogP contribution in [-0.2, 0) is 0 Å². The molecule has 2 aromatic rings. The fourth-order valence-electron chi connectivity index (χ4n) is 1.80. The lowest BCUT2D eigenvalue weighted by Gasteiger charge is -2.15. The fraction of sp³-hybridized carbons (Fsp3) is 0.133. The first-order valence-corrected chi connectivity index (χ1v) is 7.67. The Hall–Kier alpha value is -1.33. The van der Waals surface area contributed by atoms with Crippen molar-refractivity contribution in [3.05, 3.63) is 62.5 Å². The second-order valence-electron chi connectivity index (χ2n) is 4.48. The first-order chi connectivity index (χ1) is 9.47. The Morgan fingerprint density at radius 2 is 1.80 bits per heavy atom. The van der Waals surface area contributed by atoms with Gasteiger partial charge in [-0.3, -0.25) is 4.79 Å². The molecule has 0 aliphatic carbocycles.